The molecule has 1 aliphatic heterocycles. The van der Waals surface area contributed by atoms with Gasteiger partial charge < -0.3 is 10.1 Å². The molecule has 1 N–H and O–H groups in total. The molecular weight excluding hydrogens is 154 g/mol. The third-order valence-electron chi connectivity index (χ3n) is 3.38. The highest BCUT2D eigenvalue weighted by Gasteiger charge is 2.52. The topological polar surface area (TPSA) is 38.3 Å². The summed E-state index contributed by atoms with van der Waals surface area (Å²) in [7, 11) is 1.49. The molecular formula is C9H15NO2. The number of rotatable bonds is 1. The van der Waals surface area contributed by atoms with Crippen molar-refractivity contribution < 1.29 is 9.53 Å². The maximum Gasteiger partial charge on any atom is 0.313 e. The number of methoxy groups -OCH3 is 1. The molecule has 3 nitrogen and oxygen atoms in total. The van der Waals surface area contributed by atoms with Crippen molar-refractivity contribution in [1.29, 1.82) is 0 Å². The van der Waals surface area contributed by atoms with Crippen molar-refractivity contribution in [2.75, 3.05) is 20.2 Å². The van der Waals surface area contributed by atoms with Gasteiger partial charge in [-0.15, -0.1) is 0 Å². The molecule has 0 bridgehead atoms. The SMILES string of the molecule is COC(=O)[C@]12CCC[C@@H]1CNC2. The molecule has 68 valence electrons. The Balaban J connectivity index is 2.21. The minimum Gasteiger partial charge on any atom is -0.469 e. The zero-order chi connectivity index (χ0) is 8.60. The van der Waals surface area contributed by atoms with Crippen molar-refractivity contribution in [2.45, 2.75) is 19.3 Å². The Kier molecular flexibility index (Phi) is 1.83. The molecule has 2 atom stereocenters. The molecule has 0 aromatic carbocycles. The predicted octanol–water partition coefficient (Wildman–Crippen LogP) is 0.549. The van der Waals surface area contributed by atoms with Gasteiger partial charge in [-0.2, -0.15) is 0 Å². The highest BCUT2D eigenvalue weighted by Crippen LogP contribution is 2.46. The Bertz CT molecular complexity index is 193. The molecule has 0 aromatic rings. The van der Waals surface area contributed by atoms with E-state index in [0.29, 0.717) is 5.92 Å². The van der Waals surface area contributed by atoms with Crippen LogP contribution in [0.4, 0.5) is 0 Å². The molecule has 1 saturated heterocycles. The van der Waals surface area contributed by atoms with Gasteiger partial charge in [-0.05, 0) is 25.3 Å². The lowest BCUT2D eigenvalue weighted by Crippen LogP contribution is -2.36. The van der Waals surface area contributed by atoms with E-state index in [4.69, 9.17) is 4.74 Å². The summed E-state index contributed by atoms with van der Waals surface area (Å²) in [5.41, 5.74) is -0.158. The first kappa shape index (κ1) is 8.05. The quantitative estimate of drug-likeness (QED) is 0.582. The molecule has 0 unspecified atom stereocenters. The Morgan fingerprint density at radius 3 is 3.25 bits per heavy atom. The molecule has 2 rings (SSSR count). The number of carbonyl (C=O) groups excluding carboxylic acids is 1. The van der Waals surface area contributed by atoms with E-state index < -0.39 is 0 Å². The van der Waals surface area contributed by atoms with Crippen molar-refractivity contribution in [3.8, 4) is 0 Å². The first-order valence-corrected chi connectivity index (χ1v) is 4.59. The molecule has 1 saturated carbocycles. The summed E-state index contributed by atoms with van der Waals surface area (Å²) in [6, 6.07) is 0. The van der Waals surface area contributed by atoms with Crippen LogP contribution in [0.3, 0.4) is 0 Å². The molecule has 3 heteroatoms. The second-order valence-corrected chi connectivity index (χ2v) is 3.87. The fourth-order valence-electron chi connectivity index (χ4n) is 2.69. The summed E-state index contributed by atoms with van der Waals surface area (Å²) < 4.78 is 4.86. The molecule has 0 spiro atoms. The summed E-state index contributed by atoms with van der Waals surface area (Å²) in [6.45, 7) is 1.82. The van der Waals surface area contributed by atoms with Crippen molar-refractivity contribution in [2.24, 2.45) is 11.3 Å². The summed E-state index contributed by atoms with van der Waals surface area (Å²) in [6.07, 6.45) is 3.38. The van der Waals surface area contributed by atoms with Crippen LogP contribution in [0.1, 0.15) is 19.3 Å². The second kappa shape index (κ2) is 2.73. The summed E-state index contributed by atoms with van der Waals surface area (Å²) in [5, 5.41) is 3.28. The van der Waals surface area contributed by atoms with Crippen LogP contribution in [0.15, 0.2) is 0 Å². The van der Waals surface area contributed by atoms with Gasteiger partial charge in [0.05, 0.1) is 12.5 Å². The van der Waals surface area contributed by atoms with Crippen LogP contribution in [0.2, 0.25) is 0 Å². The Morgan fingerprint density at radius 2 is 2.50 bits per heavy atom. The van der Waals surface area contributed by atoms with E-state index in [1.54, 1.807) is 0 Å². The van der Waals surface area contributed by atoms with Crippen LogP contribution in [0.25, 0.3) is 0 Å². The smallest absolute Gasteiger partial charge is 0.313 e. The minimum absolute atomic E-state index is 0.00463. The average molecular weight is 169 g/mol. The van der Waals surface area contributed by atoms with E-state index in [9.17, 15) is 4.79 Å². The van der Waals surface area contributed by atoms with Gasteiger partial charge in [0.1, 0.15) is 0 Å². The van der Waals surface area contributed by atoms with E-state index in [-0.39, 0.29) is 11.4 Å². The number of carbonyl (C=O) groups is 1. The summed E-state index contributed by atoms with van der Waals surface area (Å²) in [5.74, 6) is 0.528. The number of fused-ring (bicyclic) bond motifs is 1. The Morgan fingerprint density at radius 1 is 1.67 bits per heavy atom. The van der Waals surface area contributed by atoms with E-state index in [2.05, 4.69) is 5.32 Å². The maximum absolute atomic E-state index is 11.6. The highest BCUT2D eigenvalue weighted by molar-refractivity contribution is 5.78. The fourth-order valence-corrected chi connectivity index (χ4v) is 2.69. The van der Waals surface area contributed by atoms with Crippen molar-refractivity contribution in [3.05, 3.63) is 0 Å². The monoisotopic (exact) mass is 169 g/mol. The Labute approximate surface area is 72.5 Å². The maximum atomic E-state index is 11.6. The lowest BCUT2D eigenvalue weighted by Gasteiger charge is -2.24. The van der Waals surface area contributed by atoms with E-state index >= 15 is 0 Å². The largest absolute Gasteiger partial charge is 0.469 e. The standard InChI is InChI=1S/C9H15NO2/c1-12-8(11)9-4-2-3-7(9)5-10-6-9/h7,10H,2-6H2,1H3/t7-,9+/m1/s1. The number of hydrogen-bond donors (Lipinski definition) is 1. The van der Waals surface area contributed by atoms with Crippen molar-refractivity contribution >= 4 is 5.97 Å². The van der Waals surface area contributed by atoms with Gasteiger partial charge in [-0.25, -0.2) is 0 Å². The zero-order valence-corrected chi connectivity index (χ0v) is 7.43. The number of nitrogens with one attached hydrogen (secondary N) is 1. The minimum atomic E-state index is -0.158. The van der Waals surface area contributed by atoms with Gasteiger partial charge >= 0.3 is 5.97 Å². The molecule has 2 aliphatic rings. The van der Waals surface area contributed by atoms with E-state index in [1.165, 1.54) is 20.0 Å². The molecule has 0 radical (unpaired) electrons. The average Bonchev–Trinajstić information content (AvgIpc) is 2.60. The van der Waals surface area contributed by atoms with Gasteiger partial charge in [0, 0.05) is 6.54 Å². The first-order valence-electron chi connectivity index (χ1n) is 4.59. The number of esters is 1. The van der Waals surface area contributed by atoms with Crippen molar-refractivity contribution in [1.82, 2.24) is 5.32 Å². The molecule has 12 heavy (non-hydrogen) atoms. The second-order valence-electron chi connectivity index (χ2n) is 3.87. The van der Waals surface area contributed by atoms with Gasteiger partial charge in [-0.3, -0.25) is 4.79 Å². The molecule has 1 aliphatic carbocycles. The Hall–Kier alpha value is -0.570. The summed E-state index contributed by atoms with van der Waals surface area (Å²) >= 11 is 0. The van der Waals surface area contributed by atoms with Crippen molar-refractivity contribution in [3.63, 3.8) is 0 Å². The van der Waals surface area contributed by atoms with Crippen LogP contribution in [-0.4, -0.2) is 26.2 Å². The van der Waals surface area contributed by atoms with Crippen LogP contribution in [0.5, 0.6) is 0 Å². The number of ether oxygens (including phenoxy) is 1. The molecule has 0 amide bonds. The van der Waals surface area contributed by atoms with Gasteiger partial charge in [0.2, 0.25) is 0 Å². The van der Waals surface area contributed by atoms with Crippen LogP contribution in [0, 0.1) is 11.3 Å². The molecule has 1 heterocycles. The lowest BCUT2D eigenvalue weighted by molar-refractivity contribution is -0.153. The predicted molar refractivity (Wildman–Crippen MR) is 44.7 cm³/mol. The molecule has 2 fully saturated rings. The van der Waals surface area contributed by atoms with Crippen LogP contribution < -0.4 is 5.32 Å². The van der Waals surface area contributed by atoms with Gasteiger partial charge in [0.15, 0.2) is 0 Å². The normalized spacial score (nSPS) is 39.6. The van der Waals surface area contributed by atoms with Crippen LogP contribution in [-0.2, 0) is 9.53 Å². The zero-order valence-electron chi connectivity index (χ0n) is 7.43. The van der Waals surface area contributed by atoms with E-state index in [0.717, 1.165) is 19.5 Å². The summed E-state index contributed by atoms with van der Waals surface area (Å²) in [4.78, 5) is 11.6. The number of hydrogen-bond acceptors (Lipinski definition) is 3. The highest BCUT2D eigenvalue weighted by atomic mass is 16.5. The molecule has 0 aromatic heterocycles. The van der Waals surface area contributed by atoms with Gasteiger partial charge in [0.25, 0.3) is 0 Å². The lowest BCUT2D eigenvalue weighted by atomic mass is 9.81. The van der Waals surface area contributed by atoms with E-state index in [1.807, 2.05) is 0 Å². The van der Waals surface area contributed by atoms with Gasteiger partial charge in [-0.1, -0.05) is 6.42 Å². The third kappa shape index (κ3) is 0.891. The van der Waals surface area contributed by atoms with Crippen LogP contribution >= 0.6 is 0 Å². The third-order valence-corrected chi connectivity index (χ3v) is 3.38. The fraction of sp³-hybridized carbons (Fsp3) is 0.889. The first-order chi connectivity index (χ1) is 5.79.